The number of hydrogen-bond donors (Lipinski definition) is 2. The third-order valence-electron chi connectivity index (χ3n) is 5.05. The van der Waals surface area contributed by atoms with Gasteiger partial charge in [0, 0.05) is 29.3 Å². The molecule has 1 heterocycles. The van der Waals surface area contributed by atoms with E-state index in [1.807, 2.05) is 36.4 Å². The maximum Gasteiger partial charge on any atom is 0.131 e. The molecule has 4 nitrogen and oxygen atoms in total. The first-order valence-corrected chi connectivity index (χ1v) is 9.63. The minimum atomic E-state index is -0.681. The number of benzene rings is 3. The number of nitrogens with one attached hydrogen (secondary N) is 1. The smallest absolute Gasteiger partial charge is 0.131 e. The Morgan fingerprint density at radius 2 is 1.83 bits per heavy atom. The van der Waals surface area contributed by atoms with Crippen LogP contribution in [0.4, 0.5) is 4.39 Å². The lowest BCUT2D eigenvalue weighted by Gasteiger charge is -2.31. The molecule has 0 radical (unpaired) electrons. The lowest BCUT2D eigenvalue weighted by Crippen LogP contribution is -2.33. The minimum Gasteiger partial charge on any atom is -0.508 e. The van der Waals surface area contributed by atoms with Crippen molar-refractivity contribution in [2.75, 3.05) is 7.11 Å². The van der Waals surface area contributed by atoms with E-state index in [2.05, 4.69) is 5.32 Å². The number of aromatic hydroxyl groups is 1. The SMILES string of the molecule is COc1ccc(C2=NC(c3c(F)cccc3Cl)NC(c3ccccc3O)C2)cc1. The van der Waals surface area contributed by atoms with Crippen molar-refractivity contribution in [3.63, 3.8) is 0 Å². The molecule has 4 rings (SSSR count). The molecule has 2 atom stereocenters. The Morgan fingerprint density at radius 3 is 2.52 bits per heavy atom. The van der Waals surface area contributed by atoms with Gasteiger partial charge < -0.3 is 9.84 Å². The quantitative estimate of drug-likeness (QED) is 0.604. The molecule has 1 aliphatic heterocycles. The molecule has 29 heavy (non-hydrogen) atoms. The molecular weight excluding hydrogens is 391 g/mol. The zero-order valence-electron chi connectivity index (χ0n) is 15.8. The summed E-state index contributed by atoms with van der Waals surface area (Å²) in [6.45, 7) is 0. The summed E-state index contributed by atoms with van der Waals surface area (Å²) in [5.41, 5.74) is 2.72. The van der Waals surface area contributed by atoms with Gasteiger partial charge in [0.1, 0.15) is 23.5 Å². The molecule has 2 N–H and O–H groups in total. The van der Waals surface area contributed by atoms with Crippen molar-refractivity contribution in [2.24, 2.45) is 4.99 Å². The predicted molar refractivity (Wildman–Crippen MR) is 112 cm³/mol. The Balaban J connectivity index is 1.79. The van der Waals surface area contributed by atoms with Crippen LogP contribution in [-0.2, 0) is 0 Å². The van der Waals surface area contributed by atoms with Crippen LogP contribution in [-0.4, -0.2) is 17.9 Å². The van der Waals surface area contributed by atoms with E-state index in [9.17, 15) is 9.50 Å². The van der Waals surface area contributed by atoms with Crippen molar-refractivity contribution in [3.05, 3.63) is 94.3 Å². The summed E-state index contributed by atoms with van der Waals surface area (Å²) in [5, 5.41) is 14.0. The second kappa shape index (κ2) is 8.23. The Kier molecular flexibility index (Phi) is 5.51. The van der Waals surface area contributed by atoms with E-state index in [1.165, 1.54) is 6.07 Å². The fourth-order valence-corrected chi connectivity index (χ4v) is 3.83. The van der Waals surface area contributed by atoms with Crippen LogP contribution in [0.5, 0.6) is 11.5 Å². The number of hydrogen-bond acceptors (Lipinski definition) is 4. The molecule has 0 aromatic heterocycles. The zero-order valence-corrected chi connectivity index (χ0v) is 16.5. The topological polar surface area (TPSA) is 53.8 Å². The molecule has 0 saturated heterocycles. The van der Waals surface area contributed by atoms with E-state index in [-0.39, 0.29) is 11.8 Å². The molecular formula is C23H20ClFN2O2. The second-order valence-corrected chi connectivity index (χ2v) is 7.23. The number of phenolic OH excluding ortho intramolecular Hbond substituents is 1. The summed E-state index contributed by atoms with van der Waals surface area (Å²) in [4.78, 5) is 4.76. The van der Waals surface area contributed by atoms with Crippen LogP contribution in [0, 0.1) is 5.82 Å². The molecule has 0 bridgehead atoms. The van der Waals surface area contributed by atoms with Gasteiger partial charge in [-0.1, -0.05) is 35.9 Å². The van der Waals surface area contributed by atoms with E-state index < -0.39 is 12.0 Å². The molecule has 0 spiro atoms. The molecule has 0 fully saturated rings. The monoisotopic (exact) mass is 410 g/mol. The van der Waals surface area contributed by atoms with Gasteiger partial charge in [0.2, 0.25) is 0 Å². The molecule has 0 amide bonds. The minimum absolute atomic E-state index is 0.180. The van der Waals surface area contributed by atoms with Gasteiger partial charge in [-0.05, 0) is 48.0 Å². The van der Waals surface area contributed by atoms with Crippen LogP contribution in [0.3, 0.4) is 0 Å². The van der Waals surface area contributed by atoms with Crippen LogP contribution >= 0.6 is 11.6 Å². The first kappa shape index (κ1) is 19.4. The van der Waals surface area contributed by atoms with Gasteiger partial charge in [-0.3, -0.25) is 10.3 Å². The van der Waals surface area contributed by atoms with E-state index >= 15 is 0 Å². The van der Waals surface area contributed by atoms with Crippen molar-refractivity contribution in [1.29, 1.82) is 0 Å². The van der Waals surface area contributed by atoms with Gasteiger partial charge in [-0.25, -0.2) is 4.39 Å². The highest BCUT2D eigenvalue weighted by Crippen LogP contribution is 2.37. The maximum absolute atomic E-state index is 14.6. The van der Waals surface area contributed by atoms with E-state index in [0.29, 0.717) is 17.0 Å². The molecule has 6 heteroatoms. The van der Waals surface area contributed by atoms with Gasteiger partial charge >= 0.3 is 0 Å². The van der Waals surface area contributed by atoms with E-state index in [1.54, 1.807) is 31.4 Å². The Labute approximate surface area is 173 Å². The zero-order chi connectivity index (χ0) is 20.4. The van der Waals surface area contributed by atoms with Crippen molar-refractivity contribution in [3.8, 4) is 11.5 Å². The Morgan fingerprint density at radius 1 is 1.07 bits per heavy atom. The number of aliphatic imine (C=N–C) groups is 1. The fourth-order valence-electron chi connectivity index (χ4n) is 3.57. The third-order valence-corrected chi connectivity index (χ3v) is 5.38. The number of halogens is 2. The molecule has 2 unspecified atom stereocenters. The van der Waals surface area contributed by atoms with Crippen LogP contribution in [0.25, 0.3) is 0 Å². The summed E-state index contributed by atoms with van der Waals surface area (Å²) >= 11 is 6.31. The fraction of sp³-hybridized carbons (Fsp3) is 0.174. The van der Waals surface area contributed by atoms with Gasteiger partial charge in [0.25, 0.3) is 0 Å². The number of methoxy groups -OCH3 is 1. The van der Waals surface area contributed by atoms with Crippen molar-refractivity contribution >= 4 is 17.3 Å². The average molecular weight is 411 g/mol. The van der Waals surface area contributed by atoms with Crippen molar-refractivity contribution in [1.82, 2.24) is 5.32 Å². The van der Waals surface area contributed by atoms with Crippen molar-refractivity contribution in [2.45, 2.75) is 18.6 Å². The molecule has 148 valence electrons. The Bertz CT molecular complexity index is 1030. The number of phenols is 1. The van der Waals surface area contributed by atoms with Gasteiger partial charge in [0.05, 0.1) is 12.1 Å². The normalized spacial score (nSPS) is 18.9. The van der Waals surface area contributed by atoms with Crippen LogP contribution < -0.4 is 10.1 Å². The lowest BCUT2D eigenvalue weighted by atomic mass is 9.93. The first-order valence-electron chi connectivity index (χ1n) is 9.25. The van der Waals surface area contributed by atoms with E-state index in [4.69, 9.17) is 21.3 Å². The first-order chi connectivity index (χ1) is 14.1. The average Bonchev–Trinajstić information content (AvgIpc) is 2.74. The number of nitrogens with zero attached hydrogens (tertiary/aromatic N) is 1. The molecule has 3 aromatic rings. The third kappa shape index (κ3) is 3.97. The predicted octanol–water partition coefficient (Wildman–Crippen LogP) is 5.42. The highest BCUT2D eigenvalue weighted by atomic mass is 35.5. The van der Waals surface area contributed by atoms with Gasteiger partial charge in [0.15, 0.2) is 0 Å². The maximum atomic E-state index is 14.6. The molecule has 1 aliphatic rings. The van der Waals surface area contributed by atoms with Gasteiger partial charge in [-0.15, -0.1) is 0 Å². The largest absolute Gasteiger partial charge is 0.508 e. The number of para-hydroxylation sites is 1. The summed E-state index contributed by atoms with van der Waals surface area (Å²) in [6, 6.07) is 19.0. The van der Waals surface area contributed by atoms with E-state index in [0.717, 1.165) is 22.6 Å². The summed E-state index contributed by atoms with van der Waals surface area (Å²) < 4.78 is 19.8. The lowest BCUT2D eigenvalue weighted by molar-refractivity contribution is 0.405. The highest BCUT2D eigenvalue weighted by molar-refractivity contribution is 6.31. The molecule has 3 aromatic carbocycles. The molecule has 0 aliphatic carbocycles. The highest BCUT2D eigenvalue weighted by Gasteiger charge is 2.30. The number of ether oxygens (including phenoxy) is 1. The summed E-state index contributed by atoms with van der Waals surface area (Å²) in [6.07, 6.45) is -0.147. The number of rotatable bonds is 4. The van der Waals surface area contributed by atoms with Crippen LogP contribution in [0.2, 0.25) is 5.02 Å². The summed E-state index contributed by atoms with van der Waals surface area (Å²) in [7, 11) is 1.61. The second-order valence-electron chi connectivity index (χ2n) is 6.82. The van der Waals surface area contributed by atoms with Crippen LogP contribution in [0.1, 0.15) is 35.3 Å². The standard InChI is InChI=1S/C23H20ClFN2O2/c1-29-15-11-9-14(10-12-15)19-13-20(16-5-2-3-8-21(16)28)27-23(26-19)22-17(24)6-4-7-18(22)25/h2-12,20,23,27-28H,13H2,1H3. The van der Waals surface area contributed by atoms with Crippen LogP contribution in [0.15, 0.2) is 71.7 Å². The van der Waals surface area contributed by atoms with Gasteiger partial charge in [-0.2, -0.15) is 0 Å². The summed E-state index contributed by atoms with van der Waals surface area (Å²) in [5.74, 6) is 0.499. The Hall–Kier alpha value is -2.89. The van der Waals surface area contributed by atoms with Crippen molar-refractivity contribution < 1.29 is 14.2 Å². The molecule has 0 saturated carbocycles.